The number of benzene rings is 1. The Morgan fingerprint density at radius 1 is 1.17 bits per heavy atom. The first kappa shape index (κ1) is 16.6. The molecule has 3 rings (SSSR count). The van der Waals surface area contributed by atoms with Gasteiger partial charge in [0.25, 0.3) is 0 Å². The quantitative estimate of drug-likeness (QED) is 0.827. The minimum atomic E-state index is -3.89. The maximum atomic E-state index is 12.6. The van der Waals surface area contributed by atoms with Crippen LogP contribution in [0.2, 0.25) is 0 Å². The maximum Gasteiger partial charge on any atom is 0.322 e. The number of hydrogen-bond acceptors (Lipinski definition) is 4. The number of aliphatic carboxylic acids is 1. The highest BCUT2D eigenvalue weighted by Crippen LogP contribution is 2.24. The van der Waals surface area contributed by atoms with Crippen LogP contribution in [-0.2, 0) is 34.1 Å². The van der Waals surface area contributed by atoms with Crippen LogP contribution in [0.4, 0.5) is 0 Å². The second-order valence-corrected chi connectivity index (χ2v) is 7.57. The Balaban J connectivity index is 1.82. The van der Waals surface area contributed by atoms with E-state index in [0.717, 1.165) is 24.8 Å². The molecule has 1 aromatic heterocycles. The largest absolute Gasteiger partial charge is 0.480 e. The molecule has 1 aliphatic rings. The fourth-order valence-corrected chi connectivity index (χ4v) is 4.14. The van der Waals surface area contributed by atoms with E-state index in [1.807, 2.05) is 6.07 Å². The molecule has 1 unspecified atom stereocenters. The van der Waals surface area contributed by atoms with E-state index in [2.05, 4.69) is 9.71 Å². The topological polar surface area (TPSA) is 96.4 Å². The highest BCUT2D eigenvalue weighted by molar-refractivity contribution is 7.89. The van der Waals surface area contributed by atoms with Gasteiger partial charge in [0.15, 0.2) is 0 Å². The van der Waals surface area contributed by atoms with Crippen molar-refractivity contribution in [1.29, 1.82) is 0 Å². The van der Waals surface area contributed by atoms with Crippen LogP contribution < -0.4 is 4.72 Å². The van der Waals surface area contributed by atoms with Gasteiger partial charge in [-0.25, -0.2) is 8.42 Å². The Labute approximate surface area is 140 Å². The Bertz CT molecular complexity index is 850. The molecule has 1 atom stereocenters. The van der Waals surface area contributed by atoms with Crippen molar-refractivity contribution in [3.05, 3.63) is 59.4 Å². The van der Waals surface area contributed by atoms with E-state index in [-0.39, 0.29) is 11.3 Å². The predicted octanol–water partition coefficient (Wildman–Crippen LogP) is 1.54. The summed E-state index contributed by atoms with van der Waals surface area (Å²) in [5.41, 5.74) is 2.90. The summed E-state index contributed by atoms with van der Waals surface area (Å²) in [6.45, 7) is 0. The molecule has 1 aliphatic carbocycles. The molecule has 126 valence electrons. The van der Waals surface area contributed by atoms with Crippen molar-refractivity contribution in [2.75, 3.05) is 0 Å². The van der Waals surface area contributed by atoms with Gasteiger partial charge >= 0.3 is 5.97 Å². The molecule has 0 fully saturated rings. The molecule has 24 heavy (non-hydrogen) atoms. The molecule has 2 N–H and O–H groups in total. The third-order valence-electron chi connectivity index (χ3n) is 4.16. The molecular formula is C17H18N2O4S. The summed E-state index contributed by atoms with van der Waals surface area (Å²) in [5.74, 6) is -1.21. The number of hydrogen-bond donors (Lipinski definition) is 2. The van der Waals surface area contributed by atoms with Crippen LogP contribution in [0, 0.1) is 0 Å². The average Bonchev–Trinajstić information content (AvgIpc) is 3.02. The molecule has 1 heterocycles. The third-order valence-corrected chi connectivity index (χ3v) is 5.63. The van der Waals surface area contributed by atoms with Gasteiger partial charge in [-0.1, -0.05) is 6.07 Å². The van der Waals surface area contributed by atoms with Gasteiger partial charge in [0, 0.05) is 12.4 Å². The van der Waals surface area contributed by atoms with E-state index in [9.17, 15) is 18.3 Å². The molecule has 0 bridgehead atoms. The summed E-state index contributed by atoms with van der Waals surface area (Å²) in [6, 6.07) is 7.11. The van der Waals surface area contributed by atoms with Crippen molar-refractivity contribution >= 4 is 16.0 Å². The molecule has 0 aliphatic heterocycles. The fraction of sp³-hybridized carbons (Fsp3) is 0.294. The number of carboxylic acid groups (broad SMARTS) is 1. The van der Waals surface area contributed by atoms with Crippen LogP contribution in [0.1, 0.15) is 23.1 Å². The highest BCUT2D eigenvalue weighted by Gasteiger charge is 2.26. The molecule has 7 heteroatoms. The normalized spacial score (nSPS) is 15.0. The van der Waals surface area contributed by atoms with Gasteiger partial charge in [-0.05, 0) is 66.6 Å². The van der Waals surface area contributed by atoms with Crippen LogP contribution in [0.5, 0.6) is 0 Å². The van der Waals surface area contributed by atoms with Gasteiger partial charge in [-0.15, -0.1) is 0 Å². The lowest BCUT2D eigenvalue weighted by molar-refractivity contribution is -0.138. The lowest BCUT2D eigenvalue weighted by Gasteiger charge is -2.15. The molecule has 1 aromatic carbocycles. The SMILES string of the molecule is O=C(O)C(Cc1ccncc1)NS(=O)(=O)c1ccc2c(c1)CCC2. The second-order valence-electron chi connectivity index (χ2n) is 5.86. The maximum absolute atomic E-state index is 12.6. The van der Waals surface area contributed by atoms with Gasteiger partial charge in [0.05, 0.1) is 4.90 Å². The summed E-state index contributed by atoms with van der Waals surface area (Å²) in [5, 5.41) is 9.36. The zero-order valence-corrected chi connectivity index (χ0v) is 13.8. The van der Waals surface area contributed by atoms with Gasteiger partial charge in [-0.2, -0.15) is 4.72 Å². The number of pyridine rings is 1. The van der Waals surface area contributed by atoms with Crippen LogP contribution in [0.25, 0.3) is 0 Å². The van der Waals surface area contributed by atoms with E-state index in [1.54, 1.807) is 30.6 Å². The minimum Gasteiger partial charge on any atom is -0.480 e. The summed E-state index contributed by atoms with van der Waals surface area (Å²) >= 11 is 0. The first-order valence-electron chi connectivity index (χ1n) is 7.71. The van der Waals surface area contributed by atoms with Gasteiger partial charge in [-0.3, -0.25) is 9.78 Å². The molecule has 0 saturated heterocycles. The van der Waals surface area contributed by atoms with Gasteiger partial charge in [0.1, 0.15) is 6.04 Å². The number of carbonyl (C=O) groups is 1. The first-order chi connectivity index (χ1) is 11.5. The van der Waals surface area contributed by atoms with Crippen LogP contribution in [0.3, 0.4) is 0 Å². The number of carboxylic acids is 1. The Hall–Kier alpha value is -2.25. The Morgan fingerprint density at radius 2 is 1.88 bits per heavy atom. The first-order valence-corrected chi connectivity index (χ1v) is 9.20. The molecule has 0 amide bonds. The highest BCUT2D eigenvalue weighted by atomic mass is 32.2. The van der Waals surface area contributed by atoms with Crippen molar-refractivity contribution in [2.24, 2.45) is 0 Å². The average molecular weight is 346 g/mol. The second kappa shape index (κ2) is 6.70. The molecule has 2 aromatic rings. The van der Waals surface area contributed by atoms with Crippen molar-refractivity contribution < 1.29 is 18.3 Å². The van der Waals surface area contributed by atoms with Crippen LogP contribution in [0.15, 0.2) is 47.6 Å². The zero-order chi connectivity index (χ0) is 17.2. The van der Waals surface area contributed by atoms with Gasteiger partial charge < -0.3 is 5.11 Å². The lowest BCUT2D eigenvalue weighted by atomic mass is 10.1. The summed E-state index contributed by atoms with van der Waals surface area (Å²) < 4.78 is 27.4. The molecular weight excluding hydrogens is 328 g/mol. The number of nitrogens with zero attached hydrogens (tertiary/aromatic N) is 1. The zero-order valence-electron chi connectivity index (χ0n) is 13.0. The number of sulfonamides is 1. The number of rotatable bonds is 6. The van der Waals surface area contributed by atoms with Crippen molar-refractivity contribution in [3.63, 3.8) is 0 Å². The smallest absolute Gasteiger partial charge is 0.322 e. The van der Waals surface area contributed by atoms with E-state index in [4.69, 9.17) is 0 Å². The van der Waals surface area contributed by atoms with Crippen molar-refractivity contribution in [2.45, 2.75) is 36.6 Å². The summed E-state index contributed by atoms with van der Waals surface area (Å²) in [6.07, 6.45) is 5.99. The number of fused-ring (bicyclic) bond motifs is 1. The van der Waals surface area contributed by atoms with Crippen LogP contribution in [-0.4, -0.2) is 30.5 Å². The standard InChI is InChI=1S/C17H18N2O4S/c20-17(21)16(10-12-6-8-18-9-7-12)19-24(22,23)15-5-4-13-2-1-3-14(13)11-15/h4-9,11,16,19H,1-3,10H2,(H,20,21). The van der Waals surface area contributed by atoms with Crippen LogP contribution >= 0.6 is 0 Å². The number of aromatic nitrogens is 1. The van der Waals surface area contributed by atoms with Gasteiger partial charge in [0.2, 0.25) is 10.0 Å². The summed E-state index contributed by atoms with van der Waals surface area (Å²) in [4.78, 5) is 15.4. The predicted molar refractivity (Wildman–Crippen MR) is 88.2 cm³/mol. The Morgan fingerprint density at radius 3 is 2.58 bits per heavy atom. The minimum absolute atomic E-state index is 0.0576. The third kappa shape index (κ3) is 3.63. The molecule has 0 radical (unpaired) electrons. The molecule has 0 spiro atoms. The van der Waals surface area contributed by atoms with Crippen molar-refractivity contribution in [1.82, 2.24) is 9.71 Å². The van der Waals surface area contributed by atoms with Crippen molar-refractivity contribution in [3.8, 4) is 0 Å². The van der Waals surface area contributed by atoms with E-state index >= 15 is 0 Å². The van der Waals surface area contributed by atoms with E-state index in [0.29, 0.717) is 5.56 Å². The molecule has 0 saturated carbocycles. The monoisotopic (exact) mass is 346 g/mol. The number of nitrogens with one attached hydrogen (secondary N) is 1. The molecule has 6 nitrogen and oxygen atoms in total. The summed E-state index contributed by atoms with van der Waals surface area (Å²) in [7, 11) is -3.89. The lowest BCUT2D eigenvalue weighted by Crippen LogP contribution is -2.42. The van der Waals surface area contributed by atoms with E-state index in [1.165, 1.54) is 11.6 Å². The number of aryl methyl sites for hydroxylation is 2. The Kier molecular flexibility index (Phi) is 4.64. The van der Waals surface area contributed by atoms with E-state index < -0.39 is 22.0 Å². The fourth-order valence-electron chi connectivity index (χ4n) is 2.90.